The van der Waals surface area contributed by atoms with Gasteiger partial charge in [-0.3, -0.25) is 0 Å². The Morgan fingerprint density at radius 1 is 1.15 bits per heavy atom. The zero-order valence-corrected chi connectivity index (χ0v) is 9.48. The fourth-order valence-corrected chi connectivity index (χ4v) is 1.78. The molecule has 78 valence electrons. The molecule has 1 aliphatic heterocycles. The van der Waals surface area contributed by atoms with Gasteiger partial charge in [-0.25, -0.2) is 0 Å². The molecule has 1 fully saturated rings. The zero-order chi connectivity index (χ0) is 9.73. The zero-order valence-electron chi connectivity index (χ0n) is 8.58. The minimum atomic E-state index is 0.242. The molecule has 0 amide bonds. The van der Waals surface area contributed by atoms with Gasteiger partial charge in [0.25, 0.3) is 0 Å². The molecular formula is C10H20O2S. The molecule has 0 aromatic heterocycles. The Hall–Kier alpha value is 0.270. The molecule has 13 heavy (non-hydrogen) atoms. The molecule has 1 rings (SSSR count). The number of ether oxygens (including phenoxy) is 2. The van der Waals surface area contributed by atoms with Crippen molar-refractivity contribution in [3.63, 3.8) is 0 Å². The molecular weight excluding hydrogens is 184 g/mol. The molecule has 2 nitrogen and oxygen atoms in total. The highest BCUT2D eigenvalue weighted by atomic mass is 32.1. The van der Waals surface area contributed by atoms with Crippen LogP contribution < -0.4 is 0 Å². The van der Waals surface area contributed by atoms with Crippen LogP contribution >= 0.6 is 12.6 Å². The number of hydrogen-bond acceptors (Lipinski definition) is 3. The molecule has 1 aliphatic rings. The first-order valence-electron chi connectivity index (χ1n) is 5.06. The highest BCUT2D eigenvalue weighted by molar-refractivity contribution is 7.81. The van der Waals surface area contributed by atoms with Crippen molar-refractivity contribution in [3.05, 3.63) is 0 Å². The highest BCUT2D eigenvalue weighted by Gasteiger charge is 2.28. The van der Waals surface area contributed by atoms with Gasteiger partial charge in [-0.2, -0.15) is 12.6 Å². The monoisotopic (exact) mass is 204 g/mol. The molecule has 0 saturated carbocycles. The Morgan fingerprint density at radius 3 is 2.00 bits per heavy atom. The van der Waals surface area contributed by atoms with E-state index in [4.69, 9.17) is 9.47 Å². The van der Waals surface area contributed by atoms with Gasteiger partial charge in [0.1, 0.15) is 0 Å². The van der Waals surface area contributed by atoms with Gasteiger partial charge in [-0.15, -0.1) is 0 Å². The van der Waals surface area contributed by atoms with Gasteiger partial charge in [-0.1, -0.05) is 13.8 Å². The summed E-state index contributed by atoms with van der Waals surface area (Å²) in [4.78, 5) is 0. The van der Waals surface area contributed by atoms with E-state index in [1.54, 1.807) is 0 Å². The van der Waals surface area contributed by atoms with Crippen LogP contribution in [0, 0.1) is 5.41 Å². The smallest absolute Gasteiger partial charge is 0.0605 e. The van der Waals surface area contributed by atoms with E-state index in [9.17, 15) is 0 Å². The molecule has 0 spiro atoms. The summed E-state index contributed by atoms with van der Waals surface area (Å²) in [6.07, 6.45) is 2.25. The first kappa shape index (κ1) is 11.3. The van der Waals surface area contributed by atoms with Crippen molar-refractivity contribution < 1.29 is 9.47 Å². The first-order chi connectivity index (χ1) is 6.22. The van der Waals surface area contributed by atoms with Crippen molar-refractivity contribution in [1.82, 2.24) is 0 Å². The fourth-order valence-electron chi connectivity index (χ4n) is 1.57. The van der Waals surface area contributed by atoms with Crippen LogP contribution in [-0.2, 0) is 9.47 Å². The summed E-state index contributed by atoms with van der Waals surface area (Å²) in [6.45, 7) is 7.47. The van der Waals surface area contributed by atoms with Gasteiger partial charge in [0.05, 0.1) is 26.4 Å². The van der Waals surface area contributed by atoms with Gasteiger partial charge in [-0.05, 0) is 12.8 Å². The molecule has 1 heterocycles. The Bertz CT molecular complexity index is 134. The standard InChI is InChI=1S/C10H20O2S/c1-3-10(4-2)7-11-5-9(13)6-12-8-10/h9,13H,3-8H2,1-2H3. The van der Waals surface area contributed by atoms with E-state index in [1.165, 1.54) is 0 Å². The average Bonchev–Trinajstić information content (AvgIpc) is 2.12. The minimum Gasteiger partial charge on any atom is -0.380 e. The molecule has 0 aromatic carbocycles. The molecule has 0 atom stereocenters. The maximum absolute atomic E-state index is 5.63. The van der Waals surface area contributed by atoms with Crippen LogP contribution in [-0.4, -0.2) is 31.7 Å². The van der Waals surface area contributed by atoms with Gasteiger partial charge >= 0.3 is 0 Å². The molecule has 0 bridgehead atoms. The van der Waals surface area contributed by atoms with Crippen LogP contribution in [0.2, 0.25) is 0 Å². The van der Waals surface area contributed by atoms with E-state index in [0.717, 1.165) is 26.1 Å². The van der Waals surface area contributed by atoms with Gasteiger partial charge < -0.3 is 9.47 Å². The van der Waals surface area contributed by atoms with Crippen molar-refractivity contribution >= 4 is 12.6 Å². The molecule has 0 radical (unpaired) electrons. The Morgan fingerprint density at radius 2 is 1.62 bits per heavy atom. The second kappa shape index (κ2) is 5.23. The van der Waals surface area contributed by atoms with E-state index in [0.29, 0.717) is 13.2 Å². The second-order valence-electron chi connectivity index (χ2n) is 3.89. The molecule has 0 N–H and O–H groups in total. The Labute approximate surface area is 86.4 Å². The van der Waals surface area contributed by atoms with E-state index < -0.39 is 0 Å². The number of thiol groups is 1. The topological polar surface area (TPSA) is 18.5 Å². The van der Waals surface area contributed by atoms with Crippen LogP contribution in [0.5, 0.6) is 0 Å². The summed E-state index contributed by atoms with van der Waals surface area (Å²) in [5.41, 5.74) is 0.244. The summed E-state index contributed by atoms with van der Waals surface area (Å²) in [6, 6.07) is 0. The lowest BCUT2D eigenvalue weighted by atomic mass is 9.84. The van der Waals surface area contributed by atoms with Crippen LogP contribution in [0.3, 0.4) is 0 Å². The van der Waals surface area contributed by atoms with Crippen molar-refractivity contribution in [2.45, 2.75) is 31.9 Å². The molecule has 0 aliphatic carbocycles. The van der Waals surface area contributed by atoms with Crippen LogP contribution in [0.25, 0.3) is 0 Å². The largest absolute Gasteiger partial charge is 0.380 e. The lowest BCUT2D eigenvalue weighted by Crippen LogP contribution is -2.36. The highest BCUT2D eigenvalue weighted by Crippen LogP contribution is 2.28. The maximum atomic E-state index is 5.63. The van der Waals surface area contributed by atoms with E-state index in [1.807, 2.05) is 0 Å². The Balaban J connectivity index is 2.47. The molecule has 0 aromatic rings. The summed E-state index contributed by atoms with van der Waals surface area (Å²) in [5.74, 6) is 0. The number of rotatable bonds is 2. The fraction of sp³-hybridized carbons (Fsp3) is 1.00. The van der Waals surface area contributed by atoms with Crippen molar-refractivity contribution in [1.29, 1.82) is 0 Å². The SMILES string of the molecule is CCC1(CC)COCC(S)COC1. The van der Waals surface area contributed by atoms with Gasteiger partial charge in [0.2, 0.25) is 0 Å². The van der Waals surface area contributed by atoms with Crippen LogP contribution in [0.1, 0.15) is 26.7 Å². The molecule has 0 unspecified atom stereocenters. The van der Waals surface area contributed by atoms with E-state index in [-0.39, 0.29) is 10.7 Å². The van der Waals surface area contributed by atoms with Gasteiger partial charge in [0.15, 0.2) is 0 Å². The van der Waals surface area contributed by atoms with Crippen LogP contribution in [0.15, 0.2) is 0 Å². The lowest BCUT2D eigenvalue weighted by molar-refractivity contribution is -0.0541. The minimum absolute atomic E-state index is 0.242. The second-order valence-corrected chi connectivity index (χ2v) is 4.62. The molecule has 1 saturated heterocycles. The van der Waals surface area contributed by atoms with Crippen molar-refractivity contribution in [3.8, 4) is 0 Å². The average molecular weight is 204 g/mol. The van der Waals surface area contributed by atoms with Crippen LogP contribution in [0.4, 0.5) is 0 Å². The predicted octanol–water partition coefficient (Wildman–Crippen LogP) is 2.14. The summed E-state index contributed by atoms with van der Waals surface area (Å²) >= 11 is 4.34. The third kappa shape index (κ3) is 3.15. The summed E-state index contributed by atoms with van der Waals surface area (Å²) in [7, 11) is 0. The lowest BCUT2D eigenvalue weighted by Gasteiger charge is -2.34. The van der Waals surface area contributed by atoms with Gasteiger partial charge in [0, 0.05) is 10.7 Å². The number of hydrogen-bond donors (Lipinski definition) is 1. The third-order valence-corrected chi connectivity index (χ3v) is 3.24. The predicted molar refractivity (Wildman–Crippen MR) is 57.4 cm³/mol. The normalized spacial score (nSPS) is 25.2. The molecule has 3 heteroatoms. The van der Waals surface area contributed by atoms with E-state index in [2.05, 4.69) is 26.5 Å². The van der Waals surface area contributed by atoms with E-state index >= 15 is 0 Å². The van der Waals surface area contributed by atoms with Crippen molar-refractivity contribution in [2.75, 3.05) is 26.4 Å². The Kier molecular flexibility index (Phi) is 4.56. The van der Waals surface area contributed by atoms with Crippen molar-refractivity contribution in [2.24, 2.45) is 5.41 Å². The quantitative estimate of drug-likeness (QED) is 0.695. The summed E-state index contributed by atoms with van der Waals surface area (Å²) < 4.78 is 11.3. The first-order valence-corrected chi connectivity index (χ1v) is 5.57. The maximum Gasteiger partial charge on any atom is 0.0605 e. The summed E-state index contributed by atoms with van der Waals surface area (Å²) in [5, 5.41) is 0.242. The third-order valence-electron chi connectivity index (χ3n) is 2.94.